The van der Waals surface area contributed by atoms with Crippen molar-refractivity contribution in [3.63, 3.8) is 0 Å². The molecule has 2 aromatic rings. The van der Waals surface area contributed by atoms with Crippen molar-refractivity contribution in [3.05, 3.63) is 40.7 Å². The van der Waals surface area contributed by atoms with Gasteiger partial charge in [-0.25, -0.2) is 28.4 Å². The number of rotatable bonds is 3. The van der Waals surface area contributed by atoms with E-state index in [9.17, 15) is 13.5 Å². The molecule has 0 saturated carbocycles. The summed E-state index contributed by atoms with van der Waals surface area (Å²) in [7, 11) is -4.22. The molecule has 2 rings (SSSR count). The molecule has 0 saturated heterocycles. The topological polar surface area (TPSA) is 106 Å². The predicted octanol–water partition coefficient (Wildman–Crippen LogP) is 1.04. The first-order chi connectivity index (χ1) is 8.91. The second-order valence-corrected chi connectivity index (χ2v) is 6.12. The van der Waals surface area contributed by atoms with Crippen LogP contribution in [0.1, 0.15) is 11.3 Å². The van der Waals surface area contributed by atoms with E-state index in [0.29, 0.717) is 0 Å². The number of aliphatic hydroxyl groups is 1. The third kappa shape index (κ3) is 2.98. The molecular formula is C9H6Cl2N4O3S. The average molecular weight is 321 g/mol. The molecule has 0 aromatic carbocycles. The van der Waals surface area contributed by atoms with Gasteiger partial charge in [0.05, 0.1) is 22.4 Å². The molecule has 0 amide bonds. The number of sulfone groups is 1. The van der Waals surface area contributed by atoms with Gasteiger partial charge in [-0.3, -0.25) is 0 Å². The average Bonchev–Trinajstić information content (AvgIpc) is 2.39. The first-order valence-electron chi connectivity index (χ1n) is 4.78. The molecule has 0 spiro atoms. The Morgan fingerprint density at radius 1 is 0.947 bits per heavy atom. The maximum absolute atomic E-state index is 12.0. The van der Waals surface area contributed by atoms with Crippen molar-refractivity contribution in [2.24, 2.45) is 0 Å². The van der Waals surface area contributed by atoms with Gasteiger partial charge in [-0.15, -0.1) is 0 Å². The Bertz CT molecular complexity index is 676. The minimum absolute atomic E-state index is 0.177. The summed E-state index contributed by atoms with van der Waals surface area (Å²) in [5, 5.41) is 9.62. The lowest BCUT2D eigenvalue weighted by Gasteiger charge is -2.09. The number of aromatic nitrogens is 4. The maximum Gasteiger partial charge on any atom is 0.250 e. The van der Waals surface area contributed by atoms with Gasteiger partial charge in [-0.05, 0) is 0 Å². The van der Waals surface area contributed by atoms with Crippen LogP contribution in [0.15, 0.2) is 29.9 Å². The van der Waals surface area contributed by atoms with Gasteiger partial charge in [0.1, 0.15) is 0 Å². The lowest BCUT2D eigenvalue weighted by atomic mass is 10.6. The van der Waals surface area contributed by atoms with Crippen molar-refractivity contribution in [2.45, 2.75) is 10.6 Å². The molecule has 2 aromatic heterocycles. The van der Waals surface area contributed by atoms with Crippen LogP contribution in [0.3, 0.4) is 0 Å². The van der Waals surface area contributed by atoms with Crippen LogP contribution in [0.25, 0.3) is 0 Å². The van der Waals surface area contributed by atoms with Gasteiger partial charge >= 0.3 is 0 Å². The molecule has 100 valence electrons. The molecule has 1 atom stereocenters. The minimum atomic E-state index is -4.22. The molecular weight excluding hydrogens is 315 g/mol. The van der Waals surface area contributed by atoms with Gasteiger partial charge < -0.3 is 5.11 Å². The smallest absolute Gasteiger partial charge is 0.250 e. The molecule has 2 heterocycles. The Kier molecular flexibility index (Phi) is 3.95. The van der Waals surface area contributed by atoms with E-state index in [0.717, 1.165) is 12.4 Å². The van der Waals surface area contributed by atoms with E-state index in [1.807, 2.05) is 0 Å². The zero-order chi connectivity index (χ0) is 14.0. The minimum Gasteiger partial charge on any atom is -0.370 e. The number of aliphatic hydroxyl groups excluding tert-OH is 1. The van der Waals surface area contributed by atoms with Crippen molar-refractivity contribution in [1.82, 2.24) is 19.9 Å². The van der Waals surface area contributed by atoms with Crippen molar-refractivity contribution in [1.29, 1.82) is 0 Å². The van der Waals surface area contributed by atoms with Crippen LogP contribution in [0.4, 0.5) is 0 Å². The van der Waals surface area contributed by atoms with Crippen molar-refractivity contribution < 1.29 is 13.5 Å². The van der Waals surface area contributed by atoms with E-state index in [1.54, 1.807) is 0 Å². The van der Waals surface area contributed by atoms with Crippen LogP contribution in [0.2, 0.25) is 10.0 Å². The van der Waals surface area contributed by atoms with Gasteiger partial charge in [0.25, 0.3) is 0 Å². The SMILES string of the molecule is O=S(=O)(c1ncc(Cl)cn1)C(O)c1ncc(Cl)cn1. The first kappa shape index (κ1) is 14.1. The molecule has 0 aliphatic carbocycles. The summed E-state index contributed by atoms with van der Waals surface area (Å²) < 4.78 is 24.0. The second kappa shape index (κ2) is 5.33. The highest BCUT2D eigenvalue weighted by Crippen LogP contribution is 2.22. The Labute approximate surface area is 118 Å². The lowest BCUT2D eigenvalue weighted by Crippen LogP contribution is -2.18. The van der Waals surface area contributed by atoms with Crippen LogP contribution in [-0.2, 0) is 9.84 Å². The van der Waals surface area contributed by atoms with Gasteiger partial charge in [-0.2, -0.15) is 0 Å². The van der Waals surface area contributed by atoms with E-state index >= 15 is 0 Å². The quantitative estimate of drug-likeness (QED) is 0.842. The van der Waals surface area contributed by atoms with E-state index in [4.69, 9.17) is 23.2 Å². The summed E-state index contributed by atoms with van der Waals surface area (Å²) in [4.78, 5) is 14.4. The highest BCUT2D eigenvalue weighted by Gasteiger charge is 2.31. The van der Waals surface area contributed by atoms with E-state index < -0.39 is 20.4 Å². The van der Waals surface area contributed by atoms with Gasteiger partial charge in [0.2, 0.25) is 20.4 Å². The zero-order valence-electron chi connectivity index (χ0n) is 9.10. The van der Waals surface area contributed by atoms with Crippen LogP contribution in [0.5, 0.6) is 0 Å². The summed E-state index contributed by atoms with van der Waals surface area (Å²) in [5.41, 5.74) is -1.98. The summed E-state index contributed by atoms with van der Waals surface area (Å²) >= 11 is 11.1. The molecule has 0 fully saturated rings. The Morgan fingerprint density at radius 2 is 1.37 bits per heavy atom. The van der Waals surface area contributed by atoms with Gasteiger partial charge in [0, 0.05) is 12.4 Å². The molecule has 0 aliphatic rings. The Hall–Kier alpha value is -1.35. The number of hydrogen-bond donors (Lipinski definition) is 1. The fourth-order valence-electron chi connectivity index (χ4n) is 1.14. The zero-order valence-corrected chi connectivity index (χ0v) is 11.4. The largest absolute Gasteiger partial charge is 0.370 e. The van der Waals surface area contributed by atoms with Crippen LogP contribution in [0, 0.1) is 0 Å². The molecule has 1 unspecified atom stereocenters. The van der Waals surface area contributed by atoms with Crippen LogP contribution in [-0.4, -0.2) is 33.5 Å². The second-order valence-electron chi connectivity index (χ2n) is 3.34. The lowest BCUT2D eigenvalue weighted by molar-refractivity contribution is 0.243. The standard InChI is InChI=1S/C9H6Cl2N4O3S/c10-5-1-12-7(13-2-5)8(16)19(17,18)9-14-3-6(11)4-15-9/h1-4,8,16H. The van der Waals surface area contributed by atoms with E-state index in [1.165, 1.54) is 12.4 Å². The fourth-order valence-corrected chi connectivity index (χ4v) is 2.33. The van der Waals surface area contributed by atoms with Gasteiger partial charge in [0.15, 0.2) is 5.82 Å². The monoisotopic (exact) mass is 320 g/mol. The Morgan fingerprint density at radius 3 is 1.84 bits per heavy atom. The molecule has 0 radical (unpaired) electrons. The van der Waals surface area contributed by atoms with Gasteiger partial charge in [-0.1, -0.05) is 23.2 Å². The predicted molar refractivity (Wildman–Crippen MR) is 66.2 cm³/mol. The summed E-state index contributed by atoms with van der Waals surface area (Å²) in [6.45, 7) is 0. The molecule has 10 heteroatoms. The molecule has 1 N–H and O–H groups in total. The first-order valence-corrected chi connectivity index (χ1v) is 7.08. The summed E-state index contributed by atoms with van der Waals surface area (Å²) in [6, 6.07) is 0. The van der Waals surface area contributed by atoms with E-state index in [2.05, 4.69) is 19.9 Å². The fraction of sp³-hybridized carbons (Fsp3) is 0.111. The number of nitrogens with zero attached hydrogens (tertiary/aromatic N) is 4. The van der Waals surface area contributed by atoms with Crippen LogP contribution < -0.4 is 0 Å². The summed E-state index contributed by atoms with van der Waals surface area (Å²) in [5.74, 6) is -0.317. The van der Waals surface area contributed by atoms with Crippen molar-refractivity contribution >= 4 is 33.0 Å². The van der Waals surface area contributed by atoms with Crippen LogP contribution >= 0.6 is 23.2 Å². The number of hydrogen-bond acceptors (Lipinski definition) is 7. The molecule has 19 heavy (non-hydrogen) atoms. The number of halogens is 2. The maximum atomic E-state index is 12.0. The van der Waals surface area contributed by atoms with E-state index in [-0.39, 0.29) is 15.9 Å². The molecule has 0 aliphatic heterocycles. The molecule has 0 bridgehead atoms. The highest BCUT2D eigenvalue weighted by atomic mass is 35.5. The summed E-state index contributed by atoms with van der Waals surface area (Å²) in [6.07, 6.45) is 4.56. The normalized spacial score (nSPS) is 13.2. The highest BCUT2D eigenvalue weighted by molar-refractivity contribution is 7.91. The molecule has 7 nitrogen and oxygen atoms in total. The van der Waals surface area contributed by atoms with Crippen molar-refractivity contribution in [2.75, 3.05) is 0 Å². The Balaban J connectivity index is 2.39. The van der Waals surface area contributed by atoms with Crippen molar-refractivity contribution in [3.8, 4) is 0 Å². The third-order valence-corrected chi connectivity index (χ3v) is 3.92. The third-order valence-electron chi connectivity index (χ3n) is 2.01.